The largest absolute Gasteiger partial charge is 0.490 e. The lowest BCUT2D eigenvalue weighted by molar-refractivity contribution is -0.139. The molecule has 0 unspecified atom stereocenters. The number of carbonyl (C=O) groups is 1. The zero-order valence-corrected chi connectivity index (χ0v) is 20.4. The van der Waals surface area contributed by atoms with Crippen molar-refractivity contribution < 1.29 is 32.6 Å². The monoisotopic (exact) mass is 492 g/mol. The number of ether oxygens (including phenoxy) is 1. The summed E-state index contributed by atoms with van der Waals surface area (Å²) in [4.78, 5) is 18.3. The van der Waals surface area contributed by atoms with E-state index in [0.29, 0.717) is 17.8 Å². The normalized spacial score (nSPS) is 16.0. The summed E-state index contributed by atoms with van der Waals surface area (Å²) in [5, 5.41) is 13.0. The second-order valence-electron chi connectivity index (χ2n) is 9.04. The fraction of sp³-hybridized carbons (Fsp3) is 0.462. The molecule has 2 aromatic carbocycles. The highest BCUT2D eigenvalue weighted by Crippen LogP contribution is 2.38. The van der Waals surface area contributed by atoms with Crippen molar-refractivity contribution in [1.29, 1.82) is 0 Å². The van der Waals surface area contributed by atoms with Gasteiger partial charge in [0.05, 0.1) is 23.8 Å². The number of rotatable bonds is 10. The zero-order valence-electron chi connectivity index (χ0n) is 20.4. The van der Waals surface area contributed by atoms with E-state index in [-0.39, 0.29) is 30.9 Å². The lowest BCUT2D eigenvalue weighted by Gasteiger charge is -2.24. The number of carboxylic acid groups (broad SMARTS) is 1. The maximum absolute atomic E-state index is 13.4. The van der Waals surface area contributed by atoms with Crippen molar-refractivity contribution in [2.24, 2.45) is 5.16 Å². The molecule has 3 rings (SSSR count). The molecule has 190 valence electrons. The second kappa shape index (κ2) is 11.1. The van der Waals surface area contributed by atoms with Crippen LogP contribution in [-0.2, 0) is 28.8 Å². The number of aryl methyl sites for hydroxylation is 1. The quantitative estimate of drug-likeness (QED) is 0.334. The van der Waals surface area contributed by atoms with Crippen LogP contribution >= 0.6 is 0 Å². The molecular weight excluding hydrogens is 461 g/mol. The molecular formula is C26H31F3N2O4. The number of halogens is 3. The molecule has 1 atom stereocenters. The summed E-state index contributed by atoms with van der Waals surface area (Å²) in [6.07, 6.45) is -3.02. The van der Waals surface area contributed by atoms with Gasteiger partial charge in [0.15, 0.2) is 0 Å². The van der Waals surface area contributed by atoms with E-state index in [0.717, 1.165) is 24.5 Å². The maximum Gasteiger partial charge on any atom is 0.419 e. The third-order valence-corrected chi connectivity index (χ3v) is 5.96. The van der Waals surface area contributed by atoms with E-state index in [1.807, 2.05) is 25.2 Å². The number of fused-ring (bicyclic) bond motifs is 1. The average molecular weight is 493 g/mol. The van der Waals surface area contributed by atoms with E-state index < -0.39 is 17.7 Å². The van der Waals surface area contributed by atoms with Crippen molar-refractivity contribution in [2.75, 3.05) is 13.6 Å². The molecule has 9 heteroatoms. The Bertz CT molecular complexity index is 1080. The van der Waals surface area contributed by atoms with Gasteiger partial charge in [-0.2, -0.15) is 13.2 Å². The van der Waals surface area contributed by atoms with Crippen molar-refractivity contribution in [1.82, 2.24) is 4.90 Å². The first-order valence-electron chi connectivity index (χ1n) is 11.5. The van der Waals surface area contributed by atoms with Gasteiger partial charge in [-0.05, 0) is 81.1 Å². The molecule has 0 radical (unpaired) electrons. The molecule has 35 heavy (non-hydrogen) atoms. The summed E-state index contributed by atoms with van der Waals surface area (Å²) in [7, 11) is 1.93. The molecule has 0 saturated carbocycles. The summed E-state index contributed by atoms with van der Waals surface area (Å²) in [5.74, 6) is -1.02. The van der Waals surface area contributed by atoms with Gasteiger partial charge < -0.3 is 14.7 Å². The molecule has 2 aromatic rings. The van der Waals surface area contributed by atoms with Gasteiger partial charge in [-0.25, -0.2) is 0 Å². The summed E-state index contributed by atoms with van der Waals surface area (Å²) in [6, 6.07) is 10.1. The van der Waals surface area contributed by atoms with Crippen LogP contribution in [0.2, 0.25) is 0 Å². The first kappa shape index (κ1) is 26.5. The topological polar surface area (TPSA) is 71.4 Å². The van der Waals surface area contributed by atoms with Crippen LogP contribution in [0, 0.1) is 0 Å². The van der Waals surface area contributed by atoms with Crippen LogP contribution in [0.25, 0.3) is 0 Å². The minimum absolute atomic E-state index is 0.0987. The highest BCUT2D eigenvalue weighted by atomic mass is 19.4. The molecule has 0 aromatic heterocycles. The van der Waals surface area contributed by atoms with E-state index in [2.05, 4.69) is 10.1 Å². The van der Waals surface area contributed by atoms with E-state index in [4.69, 9.17) is 14.7 Å². The first-order chi connectivity index (χ1) is 16.5. The van der Waals surface area contributed by atoms with Crippen LogP contribution in [0.4, 0.5) is 13.2 Å². The van der Waals surface area contributed by atoms with Gasteiger partial charge >= 0.3 is 12.1 Å². The van der Waals surface area contributed by atoms with Crippen LogP contribution in [0.1, 0.15) is 67.5 Å². The second-order valence-corrected chi connectivity index (χ2v) is 9.04. The van der Waals surface area contributed by atoms with Crippen LogP contribution in [0.15, 0.2) is 41.6 Å². The highest BCUT2D eigenvalue weighted by Gasteiger charge is 2.35. The number of hydrogen-bond donors (Lipinski definition) is 1. The van der Waals surface area contributed by atoms with E-state index in [1.165, 1.54) is 23.3 Å². The molecule has 1 N–H and O–H groups in total. The Balaban J connectivity index is 1.67. The zero-order chi connectivity index (χ0) is 25.8. The molecule has 0 heterocycles. The average Bonchev–Trinajstić information content (AvgIpc) is 3.20. The molecule has 6 nitrogen and oxygen atoms in total. The Morgan fingerprint density at radius 2 is 1.97 bits per heavy atom. The molecule has 0 amide bonds. The fourth-order valence-electron chi connectivity index (χ4n) is 4.21. The van der Waals surface area contributed by atoms with Crippen molar-refractivity contribution in [3.05, 3.63) is 64.2 Å². The van der Waals surface area contributed by atoms with Gasteiger partial charge in [-0.1, -0.05) is 23.4 Å². The van der Waals surface area contributed by atoms with Crippen LogP contribution in [0.3, 0.4) is 0 Å². The van der Waals surface area contributed by atoms with Crippen LogP contribution in [-0.4, -0.2) is 41.4 Å². The van der Waals surface area contributed by atoms with Gasteiger partial charge in [-0.15, -0.1) is 0 Å². The Hall–Kier alpha value is -3.07. The predicted molar refractivity (Wildman–Crippen MR) is 127 cm³/mol. The fourth-order valence-corrected chi connectivity index (χ4v) is 4.21. The van der Waals surface area contributed by atoms with Gasteiger partial charge in [0.2, 0.25) is 0 Å². The third kappa shape index (κ3) is 6.97. The number of carboxylic acids is 1. The molecule has 1 aliphatic carbocycles. The Morgan fingerprint density at radius 1 is 1.23 bits per heavy atom. The maximum atomic E-state index is 13.4. The molecule has 0 bridgehead atoms. The summed E-state index contributed by atoms with van der Waals surface area (Å²) in [6.45, 7) is 5.50. The molecule has 0 fully saturated rings. The third-order valence-electron chi connectivity index (χ3n) is 5.96. The minimum Gasteiger partial charge on any atom is -0.490 e. The van der Waals surface area contributed by atoms with E-state index >= 15 is 0 Å². The highest BCUT2D eigenvalue weighted by molar-refractivity contribution is 5.98. The number of alkyl halides is 3. The number of benzene rings is 2. The molecule has 1 aliphatic rings. The summed E-state index contributed by atoms with van der Waals surface area (Å²) < 4.78 is 45.6. The Morgan fingerprint density at radius 3 is 2.63 bits per heavy atom. The number of nitrogens with zero attached hydrogens (tertiary/aromatic N) is 2. The summed E-state index contributed by atoms with van der Waals surface area (Å²) in [5.41, 5.74) is 3.35. The lowest BCUT2D eigenvalue weighted by Crippen LogP contribution is -2.25. The SMILES string of the molecule is C/C(=N\OCc1ccc(OC(C)C)c(C(F)(F)F)c1)c1ccc2c(c1)CC[C@@H]2N(C)CCC(=O)O. The molecule has 0 spiro atoms. The first-order valence-corrected chi connectivity index (χ1v) is 11.5. The Labute approximate surface area is 203 Å². The van der Waals surface area contributed by atoms with Gasteiger partial charge in [0.1, 0.15) is 12.4 Å². The van der Waals surface area contributed by atoms with Crippen LogP contribution < -0.4 is 4.74 Å². The van der Waals surface area contributed by atoms with Crippen molar-refractivity contribution in [3.8, 4) is 5.75 Å². The van der Waals surface area contributed by atoms with Crippen molar-refractivity contribution in [3.63, 3.8) is 0 Å². The van der Waals surface area contributed by atoms with Crippen molar-refractivity contribution >= 4 is 11.7 Å². The number of aliphatic carboxylic acids is 1. The number of oxime groups is 1. The summed E-state index contributed by atoms with van der Waals surface area (Å²) >= 11 is 0. The molecule has 0 aliphatic heterocycles. The van der Waals surface area contributed by atoms with Gasteiger partial charge in [0.25, 0.3) is 0 Å². The lowest BCUT2D eigenvalue weighted by atomic mass is 10.0. The Kier molecular flexibility index (Phi) is 8.43. The molecule has 0 saturated heterocycles. The van der Waals surface area contributed by atoms with Crippen LogP contribution in [0.5, 0.6) is 5.75 Å². The van der Waals surface area contributed by atoms with Gasteiger partial charge in [0, 0.05) is 12.6 Å². The van der Waals surface area contributed by atoms with Gasteiger partial charge in [-0.3, -0.25) is 9.69 Å². The van der Waals surface area contributed by atoms with E-state index in [9.17, 15) is 18.0 Å². The minimum atomic E-state index is -4.54. The van der Waals surface area contributed by atoms with Crippen molar-refractivity contribution in [2.45, 2.75) is 65.0 Å². The predicted octanol–water partition coefficient (Wildman–Crippen LogP) is 5.83. The number of hydrogen-bond acceptors (Lipinski definition) is 5. The smallest absolute Gasteiger partial charge is 0.419 e. The van der Waals surface area contributed by atoms with E-state index in [1.54, 1.807) is 20.8 Å². The standard InChI is InChI=1S/C26H31F3N2O4/c1-16(2)35-24-10-5-18(13-22(24)26(27,28)29)15-34-30-17(3)19-6-8-21-20(14-19)7-9-23(21)31(4)12-11-25(32)33/h5-6,8,10,13-14,16,23H,7,9,11-12,15H2,1-4H3,(H,32,33)/b30-17+/t23-/m0/s1.